The molecule has 138 heavy (non-hydrogen) atoms. The molecule has 46 heteroatoms. The minimum atomic E-state index is -1.25. The van der Waals surface area contributed by atoms with Crippen LogP contribution in [0.15, 0.2) is 109 Å². The zero-order valence-electron chi connectivity index (χ0n) is 78.7. The van der Waals surface area contributed by atoms with Gasteiger partial charge >= 0.3 is 18.1 Å². The minimum Gasteiger partial charge on any atom is -0.490 e. The van der Waals surface area contributed by atoms with Gasteiger partial charge in [-0.2, -0.15) is 0 Å². The average molecular weight is 1940 g/mol. The lowest BCUT2D eigenvalue weighted by Gasteiger charge is -2.34. The molecular formula is C92H111ClFN19O25. The highest BCUT2D eigenvalue weighted by molar-refractivity contribution is 6.31. The Labute approximate surface area is 798 Å². The number of carboxylic acid groups (broad SMARTS) is 1. The number of halogens is 2. The maximum atomic E-state index is 16.5. The van der Waals surface area contributed by atoms with E-state index in [0.29, 0.717) is 42.8 Å². The van der Waals surface area contributed by atoms with Crippen molar-refractivity contribution in [2.24, 2.45) is 0 Å². The van der Waals surface area contributed by atoms with E-state index in [1.54, 1.807) is 60.7 Å². The number of hydrogen-bond donors (Lipinski definition) is 6. The van der Waals surface area contributed by atoms with Gasteiger partial charge in [0.25, 0.3) is 29.5 Å². The summed E-state index contributed by atoms with van der Waals surface area (Å²) in [5, 5.41) is 22.6. The van der Waals surface area contributed by atoms with Crippen LogP contribution in [0.4, 0.5) is 31.0 Å². The molecule has 5 aromatic carbocycles. The van der Waals surface area contributed by atoms with Gasteiger partial charge in [-0.25, -0.2) is 23.8 Å². The highest BCUT2D eigenvalue weighted by Gasteiger charge is 2.46. The van der Waals surface area contributed by atoms with E-state index in [9.17, 15) is 105 Å². The second-order valence-corrected chi connectivity index (χ2v) is 33.9. The lowest BCUT2D eigenvalue weighted by atomic mass is 9.99. The van der Waals surface area contributed by atoms with E-state index < -0.39 is 231 Å². The molecule has 6 N–H and O–H groups in total. The van der Waals surface area contributed by atoms with Crippen molar-refractivity contribution in [1.29, 1.82) is 0 Å². The molecule has 3 aliphatic heterocycles. The van der Waals surface area contributed by atoms with Gasteiger partial charge in [0, 0.05) is 156 Å². The number of carbonyl (C=O) groups is 22. The molecule has 3 atom stereocenters. The number of anilines is 3. The molecule has 0 bridgehead atoms. The van der Waals surface area contributed by atoms with Gasteiger partial charge in [-0.1, -0.05) is 66.2 Å². The fraction of sp³-hybridized carbons (Fsp3) is 0.413. The van der Waals surface area contributed by atoms with Crippen LogP contribution in [0.2, 0.25) is 5.02 Å². The third-order valence-electron chi connectivity index (χ3n) is 22.5. The third kappa shape index (κ3) is 29.7. The van der Waals surface area contributed by atoms with Crippen LogP contribution in [-0.4, -0.2) is 367 Å². The standard InChI is InChI=1S/C92H111ClFN19O25/c1-54-21-27-63(39-66(54)93)99-91(135)95-40-58-24-30-65-61(38-58)42-111(88(65)132)68-32-34-73(118)113(90(68)134)89(133)64-19-16-15-18-60(64)41-110(14)92(136)138-53-57-22-28-62(29-23-57)98-87(131)56(3)97-86(130)55(2)96-69(114)33-26-59-25-31-67(112-71(116)35-36-72(112)117)84(94)85(59)137-37-17-20-70(115)100(4)43-74(119)101(5)44-75(120)102(6)45-76(121)103(7)46-77(122)104(8)47-78(123)105(9)48-79(124)106(10)49-80(125)107(11)50-81(126)108(12)51-82(127)109(13)52-83(128)129/h15-16,18-19,21-25,27-31,35-36,38-39,55-56,68H,17,20,26,32-34,37,40-53H2,1-14H3,(H,96,114)(H,97,130)(H,98,131)(H,128,129)(H2,95,99,135)/t55-,56-,68?/m0/s1. The van der Waals surface area contributed by atoms with Gasteiger partial charge in [-0.05, 0) is 116 Å². The number of nitrogens with one attached hydrogen (secondary N) is 5. The summed E-state index contributed by atoms with van der Waals surface area (Å²) < 4.78 is 27.9. The quantitative estimate of drug-likeness (QED) is 0.0234. The molecule has 1 unspecified atom stereocenters. The number of benzene rings is 5. The topological polar surface area (TPSA) is 520 Å². The first-order valence-corrected chi connectivity index (χ1v) is 43.6. The second kappa shape index (κ2) is 49.1. The fourth-order valence-corrected chi connectivity index (χ4v) is 14.1. The maximum absolute atomic E-state index is 16.5. The predicted molar refractivity (Wildman–Crippen MR) is 491 cm³/mol. The van der Waals surface area contributed by atoms with Crippen LogP contribution in [0.3, 0.4) is 0 Å². The molecule has 738 valence electrons. The maximum Gasteiger partial charge on any atom is 0.410 e. The molecule has 0 saturated carbocycles. The smallest absolute Gasteiger partial charge is 0.410 e. The summed E-state index contributed by atoms with van der Waals surface area (Å²) >= 11 is 6.20. The Morgan fingerprint density at radius 1 is 0.522 bits per heavy atom. The number of aliphatic carboxylic acids is 1. The molecule has 44 nitrogen and oxygen atoms in total. The molecule has 3 heterocycles. The van der Waals surface area contributed by atoms with Crippen LogP contribution < -0.4 is 36.2 Å². The van der Waals surface area contributed by atoms with Crippen LogP contribution >= 0.6 is 11.6 Å². The van der Waals surface area contributed by atoms with Gasteiger partial charge in [0.2, 0.25) is 82.7 Å². The number of ether oxygens (including phenoxy) is 2. The predicted octanol–water partition coefficient (Wildman–Crippen LogP) is 1.03. The Morgan fingerprint density at radius 3 is 1.51 bits per heavy atom. The van der Waals surface area contributed by atoms with Crippen molar-refractivity contribution in [3.8, 4) is 5.75 Å². The van der Waals surface area contributed by atoms with E-state index in [1.165, 1.54) is 132 Å². The largest absolute Gasteiger partial charge is 0.490 e. The summed E-state index contributed by atoms with van der Waals surface area (Å²) in [6.07, 6.45) is -0.206. The number of amides is 22. The summed E-state index contributed by atoms with van der Waals surface area (Å²) in [7, 11) is 14.2. The summed E-state index contributed by atoms with van der Waals surface area (Å²) in [6.45, 7) is -1.44. The number of hydrogen-bond acceptors (Lipinski definition) is 24. The van der Waals surface area contributed by atoms with Gasteiger partial charge in [-0.3, -0.25) is 95.9 Å². The normalized spacial score (nSPS) is 13.5. The molecule has 8 rings (SSSR count). The first-order chi connectivity index (χ1) is 65.0. The van der Waals surface area contributed by atoms with Crippen LogP contribution in [0.25, 0.3) is 0 Å². The van der Waals surface area contributed by atoms with Crippen molar-refractivity contribution in [3.05, 3.63) is 165 Å². The van der Waals surface area contributed by atoms with Crippen molar-refractivity contribution in [2.45, 2.75) is 104 Å². The van der Waals surface area contributed by atoms with Gasteiger partial charge in [-0.15, -0.1) is 0 Å². The molecule has 5 aromatic rings. The van der Waals surface area contributed by atoms with Gasteiger partial charge in [0.15, 0.2) is 11.6 Å². The number of urea groups is 1. The van der Waals surface area contributed by atoms with Crippen molar-refractivity contribution in [1.82, 2.24) is 79.6 Å². The van der Waals surface area contributed by atoms with Crippen LogP contribution in [-0.2, 0) is 124 Å². The van der Waals surface area contributed by atoms with Crippen molar-refractivity contribution < 1.29 is 124 Å². The number of likely N-dealkylation sites (tertiary alicyclic amines) is 1. The number of fused-ring (bicyclic) bond motifs is 1. The SMILES string of the molecule is Cc1ccc(NC(=O)NCc2ccc3c(c2)CN(C2CCC(=O)N(C(=O)c4ccccc4CN(C)C(=O)OCc4ccc(NC(=O)[C@H](C)NC(=O)[C@H](C)NC(=O)CCc5ccc(N6C(=O)C=CC6=O)c(F)c5OCCCC(=O)N(C)CC(=O)N(C)CC(=O)N(C)CC(=O)N(C)CC(=O)N(C)CC(=O)N(C)CC(=O)N(C)CC(=O)N(C)CC(=O)N(C)CC(=O)N(C)CC(=O)O)cc4)C2=O)C3=O)cc1Cl. The molecular weight excluding hydrogens is 1830 g/mol. The number of nitrogens with zero attached hydrogens (tertiary/aromatic N) is 14. The number of aryl methyl sites for hydroxylation is 2. The van der Waals surface area contributed by atoms with Crippen molar-refractivity contribution >= 4 is 159 Å². The molecule has 0 aromatic heterocycles. The molecule has 1 fully saturated rings. The van der Waals surface area contributed by atoms with Crippen LogP contribution in [0.5, 0.6) is 5.75 Å². The van der Waals surface area contributed by atoms with E-state index in [1.807, 2.05) is 6.92 Å². The lowest BCUT2D eigenvalue weighted by Crippen LogP contribution is -2.56. The zero-order valence-corrected chi connectivity index (χ0v) is 79.5. The molecule has 0 aliphatic carbocycles. The molecule has 0 spiro atoms. The van der Waals surface area contributed by atoms with E-state index >= 15 is 4.39 Å². The molecule has 22 amide bonds. The molecule has 0 radical (unpaired) electrons. The fourth-order valence-electron chi connectivity index (χ4n) is 13.9. The Hall–Kier alpha value is -15.6. The average Bonchev–Trinajstić information content (AvgIpc) is 1.58. The summed E-state index contributed by atoms with van der Waals surface area (Å²) in [6, 6.07) is 20.7. The number of imide groups is 4. The van der Waals surface area contributed by atoms with E-state index in [4.69, 9.17) is 26.2 Å². The number of carbonyl (C=O) groups excluding carboxylic acids is 21. The van der Waals surface area contributed by atoms with E-state index in [2.05, 4.69) is 26.6 Å². The summed E-state index contributed by atoms with van der Waals surface area (Å²) in [5.41, 5.74) is 3.46. The second-order valence-electron chi connectivity index (χ2n) is 33.5. The Balaban J connectivity index is 0.721. The first-order valence-electron chi connectivity index (χ1n) is 43.2. The Morgan fingerprint density at radius 2 is 1.00 bits per heavy atom. The van der Waals surface area contributed by atoms with Gasteiger partial charge in [0.05, 0.1) is 71.2 Å². The molecule has 3 aliphatic rings. The van der Waals surface area contributed by atoms with Crippen LogP contribution in [0, 0.1) is 12.7 Å². The first kappa shape index (κ1) is 108. The van der Waals surface area contributed by atoms with E-state index in [-0.39, 0.29) is 93.8 Å². The number of carboxylic acids is 1. The van der Waals surface area contributed by atoms with Crippen molar-refractivity contribution in [2.75, 3.05) is 165 Å². The summed E-state index contributed by atoms with van der Waals surface area (Å²) in [5.74, 6) is -16.6. The highest BCUT2D eigenvalue weighted by Crippen LogP contribution is 2.36. The van der Waals surface area contributed by atoms with Crippen LogP contribution in [0.1, 0.15) is 100 Å². The third-order valence-corrected chi connectivity index (χ3v) is 22.9. The van der Waals surface area contributed by atoms with Gasteiger partial charge < -0.3 is 100.0 Å². The van der Waals surface area contributed by atoms with E-state index in [0.717, 1.165) is 72.8 Å². The molecule has 1 saturated heterocycles. The van der Waals surface area contributed by atoms with Gasteiger partial charge in [0.1, 0.15) is 31.3 Å². The highest BCUT2D eigenvalue weighted by atomic mass is 35.5. The number of piperidine rings is 1. The Kier molecular flexibility index (Phi) is 38.3. The van der Waals surface area contributed by atoms with Crippen molar-refractivity contribution in [3.63, 3.8) is 0 Å². The number of likely N-dealkylation sites (N-methyl/N-ethyl adjacent to an activating group) is 10. The zero-order chi connectivity index (χ0) is 102. The monoisotopic (exact) mass is 1940 g/mol. The minimum absolute atomic E-state index is 0.00385. The Bertz CT molecular complexity index is 5620. The lowest BCUT2D eigenvalue weighted by molar-refractivity contribution is -0.149. The number of rotatable bonds is 43. The summed E-state index contributed by atoms with van der Waals surface area (Å²) in [4.78, 5) is 302.